The smallest absolute Gasteiger partial charge is 0.294 e. The van der Waals surface area contributed by atoms with Crippen molar-refractivity contribution in [3.8, 4) is 5.75 Å². The second kappa shape index (κ2) is 7.32. The molecule has 1 aromatic rings. The normalized spacial score (nSPS) is 17.7. The highest BCUT2D eigenvalue weighted by molar-refractivity contribution is 8.18. The summed E-state index contributed by atoms with van der Waals surface area (Å²) in [6.07, 6.45) is 2.49. The molecule has 0 aliphatic carbocycles. The van der Waals surface area contributed by atoms with Gasteiger partial charge in [0.05, 0.1) is 11.0 Å². The second-order valence-corrected chi connectivity index (χ2v) is 6.10. The van der Waals surface area contributed by atoms with Crippen LogP contribution in [0.25, 0.3) is 6.08 Å². The molecule has 7 heteroatoms. The third-order valence-corrected chi connectivity index (χ3v) is 4.20. The van der Waals surface area contributed by atoms with Gasteiger partial charge in [-0.3, -0.25) is 19.3 Å². The Hall–Kier alpha value is -2.28. The van der Waals surface area contributed by atoms with Crippen LogP contribution in [0.3, 0.4) is 0 Å². The lowest BCUT2D eigenvalue weighted by Gasteiger charge is -2.14. The molecule has 1 fully saturated rings. The van der Waals surface area contributed by atoms with Crippen molar-refractivity contribution < 1.29 is 19.1 Å². The first-order valence-corrected chi connectivity index (χ1v) is 8.03. The van der Waals surface area contributed by atoms with E-state index in [1.807, 2.05) is 32.0 Å². The molecule has 0 radical (unpaired) electrons. The number of hydrogen-bond acceptors (Lipinski definition) is 5. The Morgan fingerprint density at radius 3 is 2.74 bits per heavy atom. The van der Waals surface area contributed by atoms with Crippen LogP contribution in [0.15, 0.2) is 29.2 Å². The van der Waals surface area contributed by atoms with Crippen molar-refractivity contribution in [1.29, 1.82) is 0 Å². The molecule has 1 atom stereocenters. The molecule has 23 heavy (non-hydrogen) atoms. The zero-order valence-corrected chi connectivity index (χ0v) is 13.8. The average molecular weight is 334 g/mol. The molecule has 1 unspecified atom stereocenters. The summed E-state index contributed by atoms with van der Waals surface area (Å²) in [5.41, 5.74) is 5.76. The standard InChI is InChI=1S/C16H18N2O4S/c1-3-10(2)22-12-7-5-4-6-11(12)8-13-15(20)18(9-14(17)19)16(21)23-13/h4-8,10H,3,9H2,1-2H3,(H2,17,19)/b13-8-. The first-order valence-electron chi connectivity index (χ1n) is 7.21. The quantitative estimate of drug-likeness (QED) is 0.807. The molecule has 0 saturated carbocycles. The third-order valence-electron chi connectivity index (χ3n) is 3.30. The molecule has 6 nitrogen and oxygen atoms in total. The van der Waals surface area contributed by atoms with Crippen molar-refractivity contribution in [3.63, 3.8) is 0 Å². The number of nitrogens with zero attached hydrogens (tertiary/aromatic N) is 1. The van der Waals surface area contributed by atoms with Crippen molar-refractivity contribution in [1.82, 2.24) is 4.90 Å². The first-order chi connectivity index (χ1) is 10.9. The molecule has 2 N–H and O–H groups in total. The van der Waals surface area contributed by atoms with Gasteiger partial charge in [0.2, 0.25) is 5.91 Å². The Balaban J connectivity index is 2.27. The van der Waals surface area contributed by atoms with E-state index in [4.69, 9.17) is 10.5 Å². The number of carbonyl (C=O) groups is 3. The minimum atomic E-state index is -0.728. The van der Waals surface area contributed by atoms with Crippen LogP contribution in [0.4, 0.5) is 4.79 Å². The maximum atomic E-state index is 12.2. The number of primary amides is 1. The average Bonchev–Trinajstić information content (AvgIpc) is 2.76. The van der Waals surface area contributed by atoms with Crippen molar-refractivity contribution in [2.24, 2.45) is 5.73 Å². The van der Waals surface area contributed by atoms with E-state index in [1.54, 1.807) is 12.1 Å². The Morgan fingerprint density at radius 1 is 1.39 bits per heavy atom. The van der Waals surface area contributed by atoms with Crippen LogP contribution in [-0.2, 0) is 9.59 Å². The summed E-state index contributed by atoms with van der Waals surface area (Å²) >= 11 is 0.787. The number of rotatable bonds is 6. The van der Waals surface area contributed by atoms with Gasteiger partial charge in [-0.2, -0.15) is 0 Å². The Morgan fingerprint density at radius 2 is 2.09 bits per heavy atom. The van der Waals surface area contributed by atoms with Gasteiger partial charge in [0.25, 0.3) is 11.1 Å². The fraction of sp³-hybridized carbons (Fsp3) is 0.312. The van der Waals surface area contributed by atoms with Gasteiger partial charge in [0, 0.05) is 5.56 Å². The second-order valence-electron chi connectivity index (χ2n) is 5.11. The largest absolute Gasteiger partial charge is 0.490 e. The molecular formula is C16H18N2O4S. The van der Waals surface area contributed by atoms with E-state index >= 15 is 0 Å². The molecule has 1 aliphatic rings. The Labute approximate surface area is 138 Å². The number of thioether (sulfide) groups is 1. The SMILES string of the molecule is CCC(C)Oc1ccccc1/C=C1\SC(=O)N(CC(N)=O)C1=O. The predicted octanol–water partition coefficient (Wildman–Crippen LogP) is 2.39. The van der Waals surface area contributed by atoms with E-state index in [2.05, 4.69) is 0 Å². The van der Waals surface area contributed by atoms with Crippen molar-refractivity contribution in [3.05, 3.63) is 34.7 Å². The van der Waals surface area contributed by atoms with Crippen LogP contribution in [0.5, 0.6) is 5.75 Å². The molecule has 3 amide bonds. The number of hydrogen-bond donors (Lipinski definition) is 1. The first kappa shape index (κ1) is 17.1. The van der Waals surface area contributed by atoms with Gasteiger partial charge in [-0.05, 0) is 37.2 Å². The fourth-order valence-corrected chi connectivity index (χ4v) is 2.77. The van der Waals surface area contributed by atoms with Crippen LogP contribution in [0.2, 0.25) is 0 Å². The Kier molecular flexibility index (Phi) is 5.44. The predicted molar refractivity (Wildman–Crippen MR) is 88.7 cm³/mol. The minimum absolute atomic E-state index is 0.0366. The Bertz CT molecular complexity index is 672. The van der Waals surface area contributed by atoms with E-state index in [-0.39, 0.29) is 11.0 Å². The minimum Gasteiger partial charge on any atom is -0.490 e. The summed E-state index contributed by atoms with van der Waals surface area (Å²) in [6, 6.07) is 7.28. The van der Waals surface area contributed by atoms with E-state index in [0.29, 0.717) is 11.3 Å². The molecule has 0 spiro atoms. The van der Waals surface area contributed by atoms with Crippen LogP contribution in [0, 0.1) is 0 Å². The van der Waals surface area contributed by atoms with Crippen molar-refractivity contribution in [2.45, 2.75) is 26.4 Å². The topological polar surface area (TPSA) is 89.7 Å². The summed E-state index contributed by atoms with van der Waals surface area (Å²) in [4.78, 5) is 36.1. The van der Waals surface area contributed by atoms with E-state index in [9.17, 15) is 14.4 Å². The summed E-state index contributed by atoms with van der Waals surface area (Å²) in [5, 5.41) is -0.500. The van der Waals surface area contributed by atoms with Crippen LogP contribution < -0.4 is 10.5 Å². The molecule has 1 aromatic carbocycles. The molecule has 1 heterocycles. The summed E-state index contributed by atoms with van der Waals surface area (Å²) < 4.78 is 5.82. The summed E-state index contributed by atoms with van der Waals surface area (Å²) in [7, 11) is 0. The van der Waals surface area contributed by atoms with Gasteiger partial charge in [-0.15, -0.1) is 0 Å². The molecule has 1 saturated heterocycles. The molecule has 0 bridgehead atoms. The lowest BCUT2D eigenvalue weighted by molar-refractivity contribution is -0.127. The number of para-hydroxylation sites is 1. The fourth-order valence-electron chi connectivity index (χ4n) is 1.94. The van der Waals surface area contributed by atoms with Crippen molar-refractivity contribution in [2.75, 3.05) is 6.54 Å². The third kappa shape index (κ3) is 4.13. The van der Waals surface area contributed by atoms with Crippen LogP contribution in [-0.4, -0.2) is 34.6 Å². The van der Waals surface area contributed by atoms with Gasteiger partial charge < -0.3 is 10.5 Å². The van der Waals surface area contributed by atoms with Crippen molar-refractivity contribution >= 4 is 34.9 Å². The van der Waals surface area contributed by atoms with Gasteiger partial charge in [0.1, 0.15) is 12.3 Å². The van der Waals surface area contributed by atoms with Crippen LogP contribution >= 0.6 is 11.8 Å². The number of amides is 3. The number of benzene rings is 1. The lowest BCUT2D eigenvalue weighted by atomic mass is 10.1. The van der Waals surface area contributed by atoms with E-state index < -0.39 is 23.6 Å². The molecule has 122 valence electrons. The van der Waals surface area contributed by atoms with Gasteiger partial charge in [-0.1, -0.05) is 25.1 Å². The number of carbonyl (C=O) groups excluding carboxylic acids is 3. The zero-order valence-electron chi connectivity index (χ0n) is 12.9. The maximum absolute atomic E-state index is 12.2. The number of imide groups is 1. The van der Waals surface area contributed by atoms with Gasteiger partial charge >= 0.3 is 0 Å². The van der Waals surface area contributed by atoms with Crippen LogP contribution in [0.1, 0.15) is 25.8 Å². The van der Waals surface area contributed by atoms with Gasteiger partial charge in [-0.25, -0.2) is 0 Å². The maximum Gasteiger partial charge on any atom is 0.294 e. The highest BCUT2D eigenvalue weighted by Gasteiger charge is 2.35. The number of ether oxygens (including phenoxy) is 1. The highest BCUT2D eigenvalue weighted by Crippen LogP contribution is 2.34. The molecule has 0 aromatic heterocycles. The van der Waals surface area contributed by atoms with E-state index in [1.165, 1.54) is 0 Å². The number of nitrogens with two attached hydrogens (primary N) is 1. The van der Waals surface area contributed by atoms with E-state index in [0.717, 1.165) is 23.1 Å². The zero-order chi connectivity index (χ0) is 17.0. The van der Waals surface area contributed by atoms with Gasteiger partial charge in [0.15, 0.2) is 0 Å². The lowest BCUT2D eigenvalue weighted by Crippen LogP contribution is -2.36. The molecule has 1 aliphatic heterocycles. The molecular weight excluding hydrogens is 316 g/mol. The monoisotopic (exact) mass is 334 g/mol. The summed E-state index contributed by atoms with van der Waals surface area (Å²) in [6.45, 7) is 3.56. The highest BCUT2D eigenvalue weighted by atomic mass is 32.2. The summed E-state index contributed by atoms with van der Waals surface area (Å²) in [5.74, 6) is -0.602. The molecule has 2 rings (SSSR count).